The van der Waals surface area contributed by atoms with E-state index in [0.717, 1.165) is 12.5 Å². The summed E-state index contributed by atoms with van der Waals surface area (Å²) in [6.45, 7) is 0. The standard InChI is InChI=1S/C34H21N8O10PS4/c1-54(43,44)15-3-7-19-23(11-15)29-35-27(19)37-31-21-9-4-16(55(2,45)46)12-25(21)33-40-30-24-13-17(56(47,48)49)5-8-20(24)28(36-30)38-32-22-10-6-18(57(50,51)52)14-26(22)34(39-29)42(32)53-41(31)33/h3-14,53H,1-2H3,(H,47,48,49)(H,50,51,52). The quantitative estimate of drug-likeness (QED) is 0.193. The van der Waals surface area contributed by atoms with Gasteiger partial charge in [0, 0.05) is 56.3 Å². The Kier molecular flexibility index (Phi) is 7.22. The fourth-order valence-electron chi connectivity index (χ4n) is 6.99. The zero-order valence-corrected chi connectivity index (χ0v) is 33.1. The van der Waals surface area contributed by atoms with Gasteiger partial charge in [-0.2, -0.15) is 16.8 Å². The van der Waals surface area contributed by atoms with E-state index in [4.69, 9.17) is 30.0 Å². The Balaban J connectivity index is 1.44. The SMILES string of the molecule is CS(=O)(=O)c1ccc2c(c1)C1=Nc3c4cc(S(=O)(=O)O)ccc4c4n3Pn3c(c5ccc(S(C)(=O)=O)cc5c3=NC3=NC(=N4)c4ccc(S(=O)(=O)O)cc43)=NC2=N1. The van der Waals surface area contributed by atoms with Gasteiger partial charge in [-0.15, -0.1) is 0 Å². The highest BCUT2D eigenvalue weighted by atomic mass is 32.2. The van der Waals surface area contributed by atoms with Crippen LogP contribution in [0.1, 0.15) is 22.3 Å². The molecule has 2 aromatic heterocycles. The molecule has 0 saturated heterocycles. The van der Waals surface area contributed by atoms with E-state index in [1.54, 1.807) is 14.7 Å². The molecule has 4 aromatic carbocycles. The van der Waals surface area contributed by atoms with E-state index in [1.807, 2.05) is 0 Å². The second-order valence-corrected chi connectivity index (χ2v) is 21.3. The molecule has 4 aliphatic rings. The van der Waals surface area contributed by atoms with Crippen molar-refractivity contribution in [3.8, 4) is 0 Å². The van der Waals surface area contributed by atoms with Crippen molar-refractivity contribution in [3.63, 3.8) is 0 Å². The summed E-state index contributed by atoms with van der Waals surface area (Å²) in [6.07, 6.45) is 2.10. The molecule has 23 heteroatoms. The van der Waals surface area contributed by atoms with Gasteiger partial charge in [0.1, 0.15) is 22.6 Å². The first kappa shape index (κ1) is 35.8. The molecule has 6 bridgehead atoms. The van der Waals surface area contributed by atoms with Gasteiger partial charge in [-0.05, 0) is 72.8 Å². The maximum atomic E-state index is 12.9. The van der Waals surface area contributed by atoms with Crippen molar-refractivity contribution in [1.82, 2.24) is 8.68 Å². The number of sulfone groups is 2. The minimum Gasteiger partial charge on any atom is -0.282 e. The fraction of sp³-hybridized carbons (Fsp3) is 0.0588. The van der Waals surface area contributed by atoms with Gasteiger partial charge in [0.15, 0.2) is 43.0 Å². The van der Waals surface area contributed by atoms with Crippen LogP contribution in [0.3, 0.4) is 0 Å². The zero-order chi connectivity index (χ0) is 40.1. The number of hydrogen-bond donors (Lipinski definition) is 2. The summed E-state index contributed by atoms with van der Waals surface area (Å²) < 4.78 is 124. The fourth-order valence-corrected chi connectivity index (χ4v) is 10.6. The summed E-state index contributed by atoms with van der Waals surface area (Å²) in [5, 5.41) is 1.23. The first-order valence-electron chi connectivity index (χ1n) is 16.3. The van der Waals surface area contributed by atoms with Crippen LogP contribution in [0.4, 0.5) is 11.6 Å². The Morgan fingerprint density at radius 2 is 0.860 bits per heavy atom. The predicted molar refractivity (Wildman–Crippen MR) is 209 cm³/mol. The van der Waals surface area contributed by atoms with Crippen LogP contribution in [-0.2, 0) is 39.9 Å². The number of aromatic nitrogens is 2. The average Bonchev–Trinajstić information content (AvgIpc) is 3.82. The summed E-state index contributed by atoms with van der Waals surface area (Å²) >= 11 is 0. The molecule has 57 heavy (non-hydrogen) atoms. The van der Waals surface area contributed by atoms with E-state index in [1.165, 1.54) is 66.7 Å². The molecular weight excluding hydrogens is 840 g/mol. The van der Waals surface area contributed by atoms with Crippen LogP contribution < -0.4 is 11.0 Å². The maximum absolute atomic E-state index is 12.9. The number of rotatable bonds is 4. The Bertz CT molecular complexity index is 3720. The molecule has 10 rings (SSSR count). The molecule has 1 unspecified atom stereocenters. The third-order valence-electron chi connectivity index (χ3n) is 9.66. The van der Waals surface area contributed by atoms with Crippen molar-refractivity contribution in [2.24, 2.45) is 30.0 Å². The third kappa shape index (κ3) is 5.51. The first-order valence-corrected chi connectivity index (χ1v) is 23.9. The van der Waals surface area contributed by atoms with E-state index in [-0.39, 0.29) is 66.7 Å². The van der Waals surface area contributed by atoms with Crippen molar-refractivity contribution in [2.75, 3.05) is 12.5 Å². The summed E-state index contributed by atoms with van der Waals surface area (Å²) in [5.41, 5.74) is 1.54. The van der Waals surface area contributed by atoms with E-state index in [2.05, 4.69) is 0 Å². The summed E-state index contributed by atoms with van der Waals surface area (Å²) in [6, 6.07) is 16.3. The second kappa shape index (κ2) is 11.5. The lowest BCUT2D eigenvalue weighted by Crippen LogP contribution is -2.25. The number of amidine groups is 4. The second-order valence-electron chi connectivity index (χ2n) is 13.4. The number of aliphatic imine (C=N–C) groups is 4. The van der Waals surface area contributed by atoms with Crippen molar-refractivity contribution < 1.29 is 42.8 Å². The molecule has 0 saturated carbocycles. The van der Waals surface area contributed by atoms with Gasteiger partial charge in [0.25, 0.3) is 20.2 Å². The Morgan fingerprint density at radius 1 is 0.439 bits per heavy atom. The molecule has 0 spiro atoms. The van der Waals surface area contributed by atoms with Crippen LogP contribution in [0.15, 0.2) is 122 Å². The molecule has 1 atom stereocenters. The smallest absolute Gasteiger partial charge is 0.282 e. The number of hydrogen-bond acceptors (Lipinski definition) is 14. The molecule has 0 fully saturated rings. The minimum absolute atomic E-state index is 0.0253. The third-order valence-corrected chi connectivity index (χ3v) is 14.8. The Morgan fingerprint density at radius 3 is 1.47 bits per heavy atom. The van der Waals surface area contributed by atoms with Crippen LogP contribution in [0.5, 0.6) is 0 Å². The van der Waals surface area contributed by atoms with Crippen molar-refractivity contribution in [1.29, 1.82) is 0 Å². The highest BCUT2D eigenvalue weighted by Gasteiger charge is 2.32. The topological polar surface area (TPSA) is 261 Å². The lowest BCUT2D eigenvalue weighted by atomic mass is 10.1. The highest BCUT2D eigenvalue weighted by Crippen LogP contribution is 2.46. The Labute approximate surface area is 323 Å². The van der Waals surface area contributed by atoms with Gasteiger partial charge in [0.05, 0.1) is 28.5 Å². The summed E-state index contributed by atoms with van der Waals surface area (Å²) in [5.74, 6) is 0.429. The van der Waals surface area contributed by atoms with Gasteiger partial charge >= 0.3 is 0 Å². The van der Waals surface area contributed by atoms with Crippen molar-refractivity contribution >= 4 is 105 Å². The molecule has 2 N–H and O–H groups in total. The van der Waals surface area contributed by atoms with Crippen molar-refractivity contribution in [3.05, 3.63) is 106 Å². The van der Waals surface area contributed by atoms with Crippen LogP contribution in [-0.4, -0.2) is 87.3 Å². The molecule has 4 aliphatic heterocycles. The molecule has 286 valence electrons. The van der Waals surface area contributed by atoms with Gasteiger partial charge < -0.3 is 0 Å². The van der Waals surface area contributed by atoms with Gasteiger partial charge in [-0.25, -0.2) is 46.8 Å². The summed E-state index contributed by atoms with van der Waals surface area (Å²) in [7, 11) is -17.5. The first-order chi connectivity index (χ1) is 26.7. The van der Waals surface area contributed by atoms with Gasteiger partial charge in [-0.1, -0.05) is 0 Å². The lowest BCUT2D eigenvalue weighted by Gasteiger charge is -2.12. The molecular formula is C34H21N8O10PS4. The molecule has 0 aliphatic carbocycles. The summed E-state index contributed by atoms with van der Waals surface area (Å²) in [4.78, 5) is 28.2. The molecule has 6 aromatic rings. The maximum Gasteiger partial charge on any atom is 0.294 e. The molecule has 0 radical (unpaired) electrons. The van der Waals surface area contributed by atoms with Crippen LogP contribution in [0, 0.1) is 0 Å². The van der Waals surface area contributed by atoms with E-state index < -0.39 is 58.6 Å². The minimum atomic E-state index is -4.74. The lowest BCUT2D eigenvalue weighted by molar-refractivity contribution is 0.481. The van der Waals surface area contributed by atoms with Crippen LogP contribution >= 0.6 is 8.88 Å². The van der Waals surface area contributed by atoms with Crippen LogP contribution in [0.2, 0.25) is 0 Å². The highest BCUT2D eigenvalue weighted by molar-refractivity contribution is 7.91. The largest absolute Gasteiger partial charge is 0.294 e. The molecule has 0 amide bonds. The molecule has 6 heterocycles. The normalized spacial score (nSPS) is 16.3. The van der Waals surface area contributed by atoms with E-state index >= 15 is 0 Å². The van der Waals surface area contributed by atoms with Crippen molar-refractivity contribution in [2.45, 2.75) is 19.6 Å². The average molecular weight is 861 g/mol. The van der Waals surface area contributed by atoms with E-state index in [0.29, 0.717) is 32.8 Å². The number of benzene rings is 4. The monoisotopic (exact) mass is 860 g/mol. The number of fused-ring (bicyclic) bond motifs is 14. The van der Waals surface area contributed by atoms with Crippen LogP contribution in [0.25, 0.3) is 21.5 Å². The Hall–Kier alpha value is -5.61. The molecule has 18 nitrogen and oxygen atoms in total. The zero-order valence-electron chi connectivity index (χ0n) is 28.8. The van der Waals surface area contributed by atoms with E-state index in [9.17, 15) is 42.8 Å². The van der Waals surface area contributed by atoms with Gasteiger partial charge in [-0.3, -0.25) is 17.8 Å². The number of nitrogens with zero attached hydrogens (tertiary/aromatic N) is 8. The van der Waals surface area contributed by atoms with Gasteiger partial charge in [0.2, 0.25) is 0 Å². The predicted octanol–water partition coefficient (Wildman–Crippen LogP) is 2.74.